The number of nitrogens with one attached hydrogen (secondary N) is 1. The predicted octanol–water partition coefficient (Wildman–Crippen LogP) is 2.19. The molecule has 1 aromatic heterocycles. The van der Waals surface area contributed by atoms with Gasteiger partial charge in [0.15, 0.2) is 0 Å². The molecule has 1 saturated heterocycles. The molecule has 1 N–H and O–H groups in total. The number of hydrogen-bond donors (Lipinski definition) is 1. The highest BCUT2D eigenvalue weighted by atomic mass is 32.2. The second kappa shape index (κ2) is 9.23. The fourth-order valence-corrected chi connectivity index (χ4v) is 6.62. The van der Waals surface area contributed by atoms with Crippen LogP contribution in [0, 0.1) is 5.41 Å². The fourth-order valence-electron chi connectivity index (χ4n) is 5.22. The van der Waals surface area contributed by atoms with Crippen molar-refractivity contribution in [2.45, 2.75) is 70.9 Å². The number of amides is 1. The van der Waals surface area contributed by atoms with Crippen LogP contribution in [0.25, 0.3) is 0 Å². The monoisotopic (exact) mass is 465 g/mol. The number of hydrogen-bond acceptors (Lipinski definition) is 7. The summed E-state index contributed by atoms with van der Waals surface area (Å²) in [4.78, 5) is 24.1. The normalized spacial score (nSPS) is 24.5. The van der Waals surface area contributed by atoms with Crippen LogP contribution in [0.3, 0.4) is 0 Å². The third-order valence-corrected chi connectivity index (χ3v) is 9.02. The van der Waals surface area contributed by atoms with E-state index in [1.165, 1.54) is 7.11 Å². The lowest BCUT2D eigenvalue weighted by atomic mass is 9.85. The number of aromatic nitrogens is 2. The van der Waals surface area contributed by atoms with E-state index in [2.05, 4.69) is 24.1 Å². The van der Waals surface area contributed by atoms with Gasteiger partial charge in [0.1, 0.15) is 5.82 Å². The van der Waals surface area contributed by atoms with Gasteiger partial charge in [-0.2, -0.15) is 4.98 Å². The minimum atomic E-state index is -3.28. The van der Waals surface area contributed by atoms with E-state index in [1.54, 1.807) is 4.31 Å². The van der Waals surface area contributed by atoms with Crippen LogP contribution >= 0.6 is 0 Å². The molecule has 1 aromatic rings. The van der Waals surface area contributed by atoms with Gasteiger partial charge in [0.05, 0.1) is 12.4 Å². The zero-order valence-electron chi connectivity index (χ0n) is 19.3. The summed E-state index contributed by atoms with van der Waals surface area (Å²) in [5.74, 6) is 1.42. The number of carbonyl (C=O) groups is 1. The van der Waals surface area contributed by atoms with Gasteiger partial charge in [-0.1, -0.05) is 20.3 Å². The predicted molar refractivity (Wildman–Crippen MR) is 123 cm³/mol. The molecule has 0 spiro atoms. The van der Waals surface area contributed by atoms with Crippen LogP contribution in [-0.2, 0) is 26.0 Å². The van der Waals surface area contributed by atoms with Gasteiger partial charge in [0.2, 0.25) is 21.9 Å². The van der Waals surface area contributed by atoms with Crippen molar-refractivity contribution in [1.29, 1.82) is 0 Å². The van der Waals surface area contributed by atoms with Crippen LogP contribution in [0.5, 0.6) is 0 Å². The second-order valence-electron chi connectivity index (χ2n) is 9.83. The minimum Gasteiger partial charge on any atom is -0.384 e. The Balaban J connectivity index is 1.45. The number of aryl methyl sites for hydroxylation is 1. The molecule has 4 rings (SSSR count). The first kappa shape index (κ1) is 23.4. The summed E-state index contributed by atoms with van der Waals surface area (Å²) in [7, 11) is -1.78. The van der Waals surface area contributed by atoms with Crippen LogP contribution in [0.4, 0.5) is 11.8 Å². The average molecular weight is 466 g/mol. The standard InChI is InChI=1S/C22H35N5O4S/c1-22(2)10-4-5-18(22)27-19(28)7-6-16-15-23-21(25-20(16)27)24-17-8-11-26(12-9-17)32(29,30)14-13-31-3/h15,17-18H,4-14H2,1-3H3,(H,23,24,25)/t18-/m0/s1. The Morgan fingerprint density at radius 1 is 1.22 bits per heavy atom. The smallest absolute Gasteiger partial charge is 0.228 e. The fraction of sp³-hybridized carbons (Fsp3) is 0.773. The van der Waals surface area contributed by atoms with Crippen LogP contribution < -0.4 is 10.2 Å². The number of fused-ring (bicyclic) bond motifs is 1. The lowest BCUT2D eigenvalue weighted by molar-refractivity contribution is -0.119. The van der Waals surface area contributed by atoms with Crippen LogP contribution in [0.1, 0.15) is 57.9 Å². The lowest BCUT2D eigenvalue weighted by Crippen LogP contribution is -2.48. The SMILES string of the molecule is COCCS(=O)(=O)N1CCC(Nc2ncc3c(n2)N([C@H]2CCCC2(C)C)C(=O)CC3)CC1. The van der Waals surface area contributed by atoms with Crippen molar-refractivity contribution in [1.82, 2.24) is 14.3 Å². The molecule has 0 bridgehead atoms. The van der Waals surface area contributed by atoms with E-state index in [9.17, 15) is 13.2 Å². The molecule has 2 aliphatic heterocycles. The summed E-state index contributed by atoms with van der Waals surface area (Å²) in [5.41, 5.74) is 1.10. The highest BCUT2D eigenvalue weighted by Gasteiger charge is 2.43. The van der Waals surface area contributed by atoms with E-state index >= 15 is 0 Å². The molecule has 10 heteroatoms. The molecule has 0 unspecified atom stereocenters. The van der Waals surface area contributed by atoms with Gasteiger partial charge in [-0.05, 0) is 37.5 Å². The number of piperidine rings is 1. The van der Waals surface area contributed by atoms with Crippen molar-refractivity contribution >= 4 is 27.7 Å². The molecular weight excluding hydrogens is 430 g/mol. The van der Waals surface area contributed by atoms with Crippen molar-refractivity contribution in [2.24, 2.45) is 5.41 Å². The van der Waals surface area contributed by atoms with E-state index in [4.69, 9.17) is 9.72 Å². The number of sulfonamides is 1. The highest BCUT2D eigenvalue weighted by Crippen LogP contribution is 2.44. The molecule has 1 atom stereocenters. The second-order valence-corrected chi connectivity index (χ2v) is 11.9. The van der Waals surface area contributed by atoms with Gasteiger partial charge in [0, 0.05) is 50.5 Å². The number of rotatable bonds is 7. The first-order chi connectivity index (χ1) is 15.2. The molecule has 0 radical (unpaired) electrons. The Morgan fingerprint density at radius 2 is 1.97 bits per heavy atom. The van der Waals surface area contributed by atoms with Gasteiger partial charge in [-0.3, -0.25) is 9.69 Å². The molecule has 2 fully saturated rings. The largest absolute Gasteiger partial charge is 0.384 e. The molecule has 3 aliphatic rings. The van der Waals surface area contributed by atoms with Crippen molar-refractivity contribution in [3.8, 4) is 0 Å². The molecule has 1 saturated carbocycles. The zero-order chi connectivity index (χ0) is 22.9. The molecular formula is C22H35N5O4S. The van der Waals surface area contributed by atoms with Crippen LogP contribution in [0.2, 0.25) is 0 Å². The Bertz CT molecular complexity index is 944. The van der Waals surface area contributed by atoms with Crippen molar-refractivity contribution in [3.63, 3.8) is 0 Å². The van der Waals surface area contributed by atoms with Gasteiger partial charge in [-0.15, -0.1) is 0 Å². The van der Waals surface area contributed by atoms with E-state index in [0.29, 0.717) is 44.7 Å². The Kier molecular flexibility index (Phi) is 6.74. The number of nitrogens with zero attached hydrogens (tertiary/aromatic N) is 4. The Morgan fingerprint density at radius 3 is 2.62 bits per heavy atom. The Hall–Kier alpha value is -1.78. The molecule has 1 amide bonds. The van der Waals surface area contributed by atoms with Crippen molar-refractivity contribution in [3.05, 3.63) is 11.8 Å². The summed E-state index contributed by atoms with van der Waals surface area (Å²) < 4.78 is 31.2. The number of ether oxygens (including phenoxy) is 1. The summed E-state index contributed by atoms with van der Waals surface area (Å²) in [6, 6.07) is 0.259. The molecule has 9 nitrogen and oxygen atoms in total. The van der Waals surface area contributed by atoms with E-state index in [0.717, 1.165) is 30.6 Å². The Labute approximate surface area is 191 Å². The average Bonchev–Trinajstić information content (AvgIpc) is 3.11. The molecule has 1 aliphatic carbocycles. The van der Waals surface area contributed by atoms with E-state index in [1.807, 2.05) is 11.1 Å². The maximum Gasteiger partial charge on any atom is 0.228 e. The van der Waals surface area contributed by atoms with Gasteiger partial charge in [-0.25, -0.2) is 17.7 Å². The van der Waals surface area contributed by atoms with Gasteiger partial charge >= 0.3 is 0 Å². The molecule has 32 heavy (non-hydrogen) atoms. The number of carbonyl (C=O) groups excluding carboxylic acids is 1. The first-order valence-electron chi connectivity index (χ1n) is 11.6. The quantitative estimate of drug-likeness (QED) is 0.658. The summed E-state index contributed by atoms with van der Waals surface area (Å²) in [5, 5.41) is 3.39. The molecule has 3 heterocycles. The maximum absolute atomic E-state index is 12.9. The number of methoxy groups -OCH3 is 1. The third-order valence-electron chi connectivity index (χ3n) is 7.19. The third kappa shape index (κ3) is 4.77. The van der Waals surface area contributed by atoms with E-state index in [-0.39, 0.29) is 35.8 Å². The summed E-state index contributed by atoms with van der Waals surface area (Å²) in [6.07, 6.45) is 7.63. The minimum absolute atomic E-state index is 0.0108. The van der Waals surface area contributed by atoms with Crippen LogP contribution in [-0.4, -0.2) is 73.2 Å². The van der Waals surface area contributed by atoms with Gasteiger partial charge in [0.25, 0.3) is 0 Å². The maximum atomic E-state index is 12.9. The lowest BCUT2D eigenvalue weighted by Gasteiger charge is -2.40. The molecule has 0 aromatic carbocycles. The van der Waals surface area contributed by atoms with Gasteiger partial charge < -0.3 is 10.1 Å². The molecule has 178 valence electrons. The van der Waals surface area contributed by atoms with Crippen molar-refractivity contribution in [2.75, 3.05) is 42.8 Å². The zero-order valence-corrected chi connectivity index (χ0v) is 20.2. The highest BCUT2D eigenvalue weighted by molar-refractivity contribution is 7.89. The first-order valence-corrected chi connectivity index (χ1v) is 13.2. The number of anilines is 2. The summed E-state index contributed by atoms with van der Waals surface area (Å²) >= 11 is 0. The topological polar surface area (TPSA) is 105 Å². The van der Waals surface area contributed by atoms with Crippen LogP contribution in [0.15, 0.2) is 6.20 Å². The van der Waals surface area contributed by atoms with Crippen molar-refractivity contribution < 1.29 is 17.9 Å². The van der Waals surface area contributed by atoms with E-state index < -0.39 is 10.0 Å². The summed E-state index contributed by atoms with van der Waals surface area (Å²) in [6.45, 7) is 5.61.